The third-order valence-corrected chi connectivity index (χ3v) is 3.89. The molecule has 7 heteroatoms. The van der Waals surface area contributed by atoms with E-state index in [1.165, 1.54) is 6.08 Å². The first-order valence-corrected chi connectivity index (χ1v) is 8.58. The van der Waals surface area contributed by atoms with Crippen molar-refractivity contribution in [2.75, 3.05) is 39.9 Å². The van der Waals surface area contributed by atoms with Crippen LogP contribution in [0.5, 0.6) is 17.2 Å². The summed E-state index contributed by atoms with van der Waals surface area (Å²) in [5, 5.41) is 3.18. The van der Waals surface area contributed by atoms with Crippen molar-refractivity contribution in [1.82, 2.24) is 0 Å². The zero-order valence-electron chi connectivity index (χ0n) is 15.5. The first-order valence-electron chi connectivity index (χ1n) is 8.20. The summed E-state index contributed by atoms with van der Waals surface area (Å²) in [7, 11) is 4.71. The molecule has 6 nitrogen and oxygen atoms in total. The lowest BCUT2D eigenvalue weighted by atomic mass is 10.2. The highest BCUT2D eigenvalue weighted by molar-refractivity contribution is 6.32. The van der Waals surface area contributed by atoms with E-state index in [2.05, 4.69) is 5.32 Å². The normalized spacial score (nSPS) is 10.7. The Labute approximate surface area is 163 Å². The van der Waals surface area contributed by atoms with Gasteiger partial charge in [-0.2, -0.15) is 0 Å². The lowest BCUT2D eigenvalue weighted by Gasteiger charge is -2.13. The molecule has 0 aliphatic rings. The SMILES string of the molecule is COCCOc1c(Cl)cccc1NC(=O)/C=C/c1ccc(OC)c(OC)c1. The summed E-state index contributed by atoms with van der Waals surface area (Å²) in [5.74, 6) is 1.30. The van der Waals surface area contributed by atoms with E-state index in [4.69, 9.17) is 30.5 Å². The minimum absolute atomic E-state index is 0.316. The van der Waals surface area contributed by atoms with Gasteiger partial charge in [0.05, 0.1) is 31.5 Å². The van der Waals surface area contributed by atoms with Gasteiger partial charge < -0.3 is 24.3 Å². The van der Waals surface area contributed by atoms with Gasteiger partial charge >= 0.3 is 0 Å². The molecule has 1 N–H and O–H groups in total. The lowest BCUT2D eigenvalue weighted by molar-refractivity contribution is -0.111. The number of hydrogen-bond acceptors (Lipinski definition) is 5. The molecule has 27 heavy (non-hydrogen) atoms. The Bertz CT molecular complexity index is 807. The van der Waals surface area contributed by atoms with E-state index < -0.39 is 0 Å². The summed E-state index contributed by atoms with van der Waals surface area (Å²) in [4.78, 5) is 12.3. The fourth-order valence-electron chi connectivity index (χ4n) is 2.28. The van der Waals surface area contributed by atoms with Crippen LogP contribution in [0, 0.1) is 0 Å². The Balaban J connectivity index is 2.09. The Hall–Kier alpha value is -2.70. The average Bonchev–Trinajstić information content (AvgIpc) is 2.68. The second-order valence-corrected chi connectivity index (χ2v) is 5.80. The standard InChI is InChI=1S/C20H22ClNO5/c1-24-11-12-27-20-15(21)5-4-6-16(20)22-19(23)10-8-14-7-9-17(25-2)18(13-14)26-3/h4-10,13H,11-12H2,1-3H3,(H,22,23)/b10-8+. The fourth-order valence-corrected chi connectivity index (χ4v) is 2.51. The molecule has 0 radical (unpaired) electrons. The molecule has 0 aliphatic heterocycles. The molecule has 0 saturated heterocycles. The van der Waals surface area contributed by atoms with Crippen molar-refractivity contribution in [1.29, 1.82) is 0 Å². The summed E-state index contributed by atoms with van der Waals surface area (Å²) in [5.41, 5.74) is 1.28. The van der Waals surface area contributed by atoms with Gasteiger partial charge in [-0.1, -0.05) is 23.7 Å². The largest absolute Gasteiger partial charge is 0.493 e. The highest BCUT2D eigenvalue weighted by Gasteiger charge is 2.10. The molecule has 144 valence electrons. The molecule has 0 spiro atoms. The molecule has 2 aromatic carbocycles. The number of anilines is 1. The molecule has 0 fully saturated rings. The molecular formula is C20H22ClNO5. The molecule has 0 aliphatic carbocycles. The second-order valence-electron chi connectivity index (χ2n) is 5.39. The monoisotopic (exact) mass is 391 g/mol. The number of amides is 1. The van der Waals surface area contributed by atoms with Crippen LogP contribution in [0.3, 0.4) is 0 Å². The topological polar surface area (TPSA) is 66.0 Å². The van der Waals surface area contributed by atoms with Gasteiger partial charge in [-0.25, -0.2) is 0 Å². The maximum Gasteiger partial charge on any atom is 0.248 e. The van der Waals surface area contributed by atoms with Crippen LogP contribution in [-0.2, 0) is 9.53 Å². The second kappa shape index (κ2) is 10.4. The van der Waals surface area contributed by atoms with Crippen LogP contribution in [0.15, 0.2) is 42.5 Å². The maximum atomic E-state index is 12.3. The number of methoxy groups -OCH3 is 3. The number of para-hydroxylation sites is 1. The predicted molar refractivity (Wildman–Crippen MR) is 106 cm³/mol. The van der Waals surface area contributed by atoms with E-state index in [9.17, 15) is 4.79 Å². The molecular weight excluding hydrogens is 370 g/mol. The van der Waals surface area contributed by atoms with E-state index in [-0.39, 0.29) is 5.91 Å². The van der Waals surface area contributed by atoms with Gasteiger partial charge in [0.25, 0.3) is 0 Å². The molecule has 2 aromatic rings. The summed E-state index contributed by atoms with van der Waals surface area (Å²) in [6.07, 6.45) is 3.09. The maximum absolute atomic E-state index is 12.3. The van der Waals surface area contributed by atoms with E-state index in [0.29, 0.717) is 41.2 Å². The molecule has 1 amide bonds. The highest BCUT2D eigenvalue weighted by Crippen LogP contribution is 2.33. The fraction of sp³-hybridized carbons (Fsp3) is 0.250. The van der Waals surface area contributed by atoms with E-state index in [1.54, 1.807) is 57.7 Å². The molecule has 0 atom stereocenters. The lowest BCUT2D eigenvalue weighted by Crippen LogP contribution is -2.11. The van der Waals surface area contributed by atoms with Crippen molar-refractivity contribution >= 4 is 29.3 Å². The van der Waals surface area contributed by atoms with Crippen LogP contribution in [0.25, 0.3) is 6.08 Å². The summed E-state index contributed by atoms with van der Waals surface area (Å²) < 4.78 is 21.0. The molecule has 0 aromatic heterocycles. The molecule has 2 rings (SSSR count). The number of nitrogens with one attached hydrogen (secondary N) is 1. The van der Waals surface area contributed by atoms with Gasteiger partial charge in [0.2, 0.25) is 5.91 Å². The summed E-state index contributed by atoms with van der Waals surface area (Å²) in [6.45, 7) is 0.738. The Morgan fingerprint density at radius 1 is 1.07 bits per heavy atom. The number of halogens is 1. The van der Waals surface area contributed by atoms with Crippen LogP contribution in [0.1, 0.15) is 5.56 Å². The smallest absolute Gasteiger partial charge is 0.248 e. The van der Waals surface area contributed by atoms with Crippen LogP contribution in [0.4, 0.5) is 5.69 Å². The van der Waals surface area contributed by atoms with E-state index >= 15 is 0 Å². The van der Waals surface area contributed by atoms with Gasteiger partial charge in [-0.15, -0.1) is 0 Å². The van der Waals surface area contributed by atoms with Crippen molar-refractivity contribution in [3.63, 3.8) is 0 Å². The molecule has 0 bridgehead atoms. The summed E-state index contributed by atoms with van der Waals surface area (Å²) in [6, 6.07) is 10.5. The minimum Gasteiger partial charge on any atom is -0.493 e. The number of benzene rings is 2. The van der Waals surface area contributed by atoms with Gasteiger partial charge in [-0.05, 0) is 35.9 Å². The van der Waals surface area contributed by atoms with E-state index in [0.717, 1.165) is 5.56 Å². The van der Waals surface area contributed by atoms with Crippen molar-refractivity contribution in [3.05, 3.63) is 53.1 Å². The van der Waals surface area contributed by atoms with E-state index in [1.807, 2.05) is 6.07 Å². The number of carbonyl (C=O) groups is 1. The van der Waals surface area contributed by atoms with Crippen molar-refractivity contribution in [2.45, 2.75) is 0 Å². The Morgan fingerprint density at radius 3 is 2.56 bits per heavy atom. The highest BCUT2D eigenvalue weighted by atomic mass is 35.5. The predicted octanol–water partition coefficient (Wildman–Crippen LogP) is 4.03. The molecule has 0 heterocycles. The number of rotatable bonds is 9. The van der Waals surface area contributed by atoms with Crippen LogP contribution in [-0.4, -0.2) is 40.5 Å². The molecule has 0 saturated carbocycles. The molecule has 0 unspecified atom stereocenters. The van der Waals surface area contributed by atoms with Crippen molar-refractivity contribution < 1.29 is 23.7 Å². The zero-order valence-corrected chi connectivity index (χ0v) is 16.2. The first-order chi connectivity index (χ1) is 13.1. The first kappa shape index (κ1) is 20.6. The average molecular weight is 392 g/mol. The van der Waals surface area contributed by atoms with Gasteiger partial charge in [0, 0.05) is 13.2 Å². The third kappa shape index (κ3) is 5.91. The summed E-state index contributed by atoms with van der Waals surface area (Å²) >= 11 is 6.17. The number of carbonyl (C=O) groups excluding carboxylic acids is 1. The van der Waals surface area contributed by atoms with Gasteiger partial charge in [0.1, 0.15) is 6.61 Å². The zero-order chi connectivity index (χ0) is 19.6. The minimum atomic E-state index is -0.316. The van der Waals surface area contributed by atoms with Crippen LogP contribution in [0.2, 0.25) is 5.02 Å². The Kier molecular flexibility index (Phi) is 7.98. The third-order valence-electron chi connectivity index (χ3n) is 3.59. The number of ether oxygens (including phenoxy) is 4. The van der Waals surface area contributed by atoms with Crippen LogP contribution < -0.4 is 19.5 Å². The van der Waals surface area contributed by atoms with Crippen LogP contribution >= 0.6 is 11.6 Å². The van der Waals surface area contributed by atoms with Crippen molar-refractivity contribution in [2.24, 2.45) is 0 Å². The number of hydrogen-bond donors (Lipinski definition) is 1. The van der Waals surface area contributed by atoms with Gasteiger partial charge in [0.15, 0.2) is 17.2 Å². The quantitative estimate of drug-likeness (QED) is 0.516. The van der Waals surface area contributed by atoms with Gasteiger partial charge in [-0.3, -0.25) is 4.79 Å². The Morgan fingerprint density at radius 2 is 1.85 bits per heavy atom. The van der Waals surface area contributed by atoms with Crippen molar-refractivity contribution in [3.8, 4) is 17.2 Å².